The van der Waals surface area contributed by atoms with Gasteiger partial charge in [0.05, 0.1) is 12.1 Å². The molecule has 1 aromatic heterocycles. The number of carbonyl (C=O) groups is 1. The second-order valence-electron chi connectivity index (χ2n) is 5.45. The Morgan fingerprint density at radius 2 is 2.00 bits per heavy atom. The Hall–Kier alpha value is -1.95. The molecule has 0 fully saturated rings. The van der Waals surface area contributed by atoms with Crippen LogP contribution in [0.5, 0.6) is 5.88 Å². The highest BCUT2D eigenvalue weighted by molar-refractivity contribution is 7.89. The maximum absolute atomic E-state index is 12.7. The van der Waals surface area contributed by atoms with E-state index in [2.05, 4.69) is 14.6 Å². The normalized spacial score (nSPS) is 11.9. The molecule has 1 heterocycles. The number of aromatic nitrogens is 2. The fourth-order valence-corrected chi connectivity index (χ4v) is 4.15. The van der Waals surface area contributed by atoms with Crippen molar-refractivity contribution >= 4 is 39.2 Å². The van der Waals surface area contributed by atoms with Crippen LogP contribution in [-0.4, -0.2) is 55.8 Å². The minimum Gasteiger partial charge on any atom is -0.468 e. The van der Waals surface area contributed by atoms with Crippen LogP contribution in [0, 0.1) is 0 Å². The number of nitrogens with zero attached hydrogens (tertiary/aromatic N) is 3. The third kappa shape index (κ3) is 4.54. The second-order valence-corrected chi connectivity index (χ2v) is 8.25. The smallest absolute Gasteiger partial charge is 0.388 e. The first kappa shape index (κ1) is 22.3. The third-order valence-electron chi connectivity index (χ3n) is 3.61. The van der Waals surface area contributed by atoms with Gasteiger partial charge in [0.25, 0.3) is 0 Å². The molecular weight excluding hydrogens is 443 g/mol. The molecule has 2 rings (SSSR count). The summed E-state index contributed by atoms with van der Waals surface area (Å²) in [5.41, 5.74) is 0.211. The Bertz CT molecular complexity index is 998. The minimum absolute atomic E-state index is 0.0172. The predicted octanol–water partition coefficient (Wildman–Crippen LogP) is 2.79. The molecule has 0 spiro atoms. The van der Waals surface area contributed by atoms with Crippen molar-refractivity contribution in [2.75, 3.05) is 20.7 Å². The Kier molecular flexibility index (Phi) is 6.86. The fraction of sp³-hybridized carbons (Fsp3) is 0.333. The average molecular weight is 458 g/mol. The van der Waals surface area contributed by atoms with E-state index >= 15 is 0 Å². The van der Waals surface area contributed by atoms with Crippen LogP contribution in [0.3, 0.4) is 0 Å². The summed E-state index contributed by atoms with van der Waals surface area (Å²) >= 11 is 12.1. The number of carbonyl (C=O) groups excluding carboxylic acids is 1. The van der Waals surface area contributed by atoms with E-state index in [-0.39, 0.29) is 32.1 Å². The maximum Gasteiger partial charge on any atom is 0.388 e. The van der Waals surface area contributed by atoms with Gasteiger partial charge in [-0.1, -0.05) is 29.3 Å². The summed E-state index contributed by atoms with van der Waals surface area (Å²) in [4.78, 5) is 11.1. The van der Waals surface area contributed by atoms with Crippen LogP contribution in [0.1, 0.15) is 0 Å². The van der Waals surface area contributed by atoms with Gasteiger partial charge in [-0.05, 0) is 12.1 Å². The number of rotatable bonds is 7. The number of ether oxygens (including phenoxy) is 2. The van der Waals surface area contributed by atoms with Crippen molar-refractivity contribution in [1.29, 1.82) is 0 Å². The summed E-state index contributed by atoms with van der Waals surface area (Å²) in [6, 6.07) is 3.88. The maximum atomic E-state index is 12.7. The van der Waals surface area contributed by atoms with Crippen molar-refractivity contribution in [3.05, 3.63) is 28.2 Å². The molecule has 0 aliphatic rings. The van der Waals surface area contributed by atoms with Gasteiger partial charge in [0, 0.05) is 19.7 Å². The van der Waals surface area contributed by atoms with Crippen molar-refractivity contribution in [3.63, 3.8) is 0 Å². The zero-order valence-electron chi connectivity index (χ0n) is 14.8. The lowest BCUT2D eigenvalue weighted by Gasteiger charge is -2.17. The molecule has 8 nitrogen and oxygen atoms in total. The quantitative estimate of drug-likeness (QED) is 0.593. The highest BCUT2D eigenvalue weighted by atomic mass is 35.5. The molecule has 0 aliphatic heterocycles. The van der Waals surface area contributed by atoms with Gasteiger partial charge in [0.15, 0.2) is 0 Å². The molecule has 154 valence electrons. The highest BCUT2D eigenvalue weighted by Gasteiger charge is 2.28. The van der Waals surface area contributed by atoms with Gasteiger partial charge in [-0.25, -0.2) is 13.1 Å². The lowest BCUT2D eigenvalue weighted by Crippen LogP contribution is -2.32. The third-order valence-corrected chi connectivity index (χ3v) is 6.24. The van der Waals surface area contributed by atoms with Crippen LogP contribution in [0.15, 0.2) is 23.1 Å². The molecule has 0 N–H and O–H groups in total. The molecule has 0 bridgehead atoms. The van der Waals surface area contributed by atoms with E-state index in [0.29, 0.717) is 0 Å². The number of alkyl halides is 2. The van der Waals surface area contributed by atoms with Crippen molar-refractivity contribution in [2.24, 2.45) is 7.05 Å². The zero-order valence-corrected chi connectivity index (χ0v) is 17.1. The number of aryl methyl sites for hydroxylation is 1. The first-order valence-corrected chi connectivity index (χ1v) is 9.69. The number of esters is 1. The molecule has 0 amide bonds. The average Bonchev–Trinajstić information content (AvgIpc) is 2.89. The zero-order chi connectivity index (χ0) is 21.2. The molecule has 13 heteroatoms. The van der Waals surface area contributed by atoms with E-state index < -0.39 is 29.1 Å². The van der Waals surface area contributed by atoms with Crippen LogP contribution >= 0.6 is 23.2 Å². The molecule has 0 saturated carbocycles. The fourth-order valence-electron chi connectivity index (χ4n) is 2.23. The van der Waals surface area contributed by atoms with Gasteiger partial charge in [-0.15, -0.1) is 0 Å². The largest absolute Gasteiger partial charge is 0.468 e. The molecule has 0 saturated heterocycles. The van der Waals surface area contributed by atoms with Crippen LogP contribution in [-0.2, 0) is 26.6 Å². The molecular formula is C15H15Cl2F2N3O5S. The van der Waals surface area contributed by atoms with Crippen molar-refractivity contribution in [1.82, 2.24) is 14.1 Å². The lowest BCUT2D eigenvalue weighted by atomic mass is 10.1. The first-order chi connectivity index (χ1) is 13.0. The summed E-state index contributed by atoms with van der Waals surface area (Å²) in [6.07, 6.45) is 0. The van der Waals surface area contributed by atoms with Crippen LogP contribution in [0.25, 0.3) is 11.3 Å². The molecule has 1 aromatic carbocycles. The van der Waals surface area contributed by atoms with Gasteiger partial charge in [0.1, 0.15) is 22.2 Å². The van der Waals surface area contributed by atoms with Crippen LogP contribution in [0.2, 0.25) is 10.0 Å². The van der Waals surface area contributed by atoms with Gasteiger partial charge in [-0.2, -0.15) is 18.2 Å². The summed E-state index contributed by atoms with van der Waals surface area (Å²) in [5, 5.41) is 3.65. The Labute approximate surface area is 169 Å². The molecule has 2 aromatic rings. The SMILES string of the molecule is COC(=O)CN(C)S(=O)(=O)c1cc(-c2nn(C)c(OC(F)F)c2Cl)ccc1Cl. The number of likely N-dealkylation sites (N-methyl/N-ethyl adjacent to an activating group) is 1. The van der Waals surface area contributed by atoms with Crippen LogP contribution < -0.4 is 4.74 Å². The number of benzene rings is 1. The van der Waals surface area contributed by atoms with Gasteiger partial charge >= 0.3 is 12.6 Å². The highest BCUT2D eigenvalue weighted by Crippen LogP contribution is 2.37. The second kappa shape index (κ2) is 8.60. The van der Waals surface area contributed by atoms with E-state index in [1.165, 1.54) is 32.3 Å². The van der Waals surface area contributed by atoms with E-state index in [4.69, 9.17) is 23.2 Å². The standard InChI is InChI=1S/C15H15Cl2F2N3O5S/c1-21(7-11(23)26-3)28(24,25)10-6-8(4-5-9(10)16)13-12(17)14(22(2)20-13)27-15(18)19/h4-6,15H,7H2,1-3H3. The van der Waals surface area contributed by atoms with Gasteiger partial charge < -0.3 is 9.47 Å². The molecule has 0 aliphatic carbocycles. The molecule has 0 atom stereocenters. The molecule has 0 radical (unpaired) electrons. The topological polar surface area (TPSA) is 90.7 Å². The predicted molar refractivity (Wildman–Crippen MR) is 97.1 cm³/mol. The van der Waals surface area contributed by atoms with Gasteiger partial charge in [-0.3, -0.25) is 4.79 Å². The Morgan fingerprint density at radius 1 is 1.36 bits per heavy atom. The lowest BCUT2D eigenvalue weighted by molar-refractivity contribution is -0.140. The molecule has 0 unspecified atom stereocenters. The van der Waals surface area contributed by atoms with E-state index in [1.807, 2.05) is 0 Å². The Morgan fingerprint density at radius 3 is 2.57 bits per heavy atom. The summed E-state index contributed by atoms with van der Waals surface area (Å²) in [6.45, 7) is -3.65. The van der Waals surface area contributed by atoms with E-state index in [0.717, 1.165) is 16.1 Å². The minimum atomic E-state index is -4.17. The van der Waals surface area contributed by atoms with Crippen molar-refractivity contribution < 1.29 is 31.5 Å². The van der Waals surface area contributed by atoms with E-state index in [1.54, 1.807) is 0 Å². The number of halogens is 4. The van der Waals surface area contributed by atoms with Crippen LogP contribution in [0.4, 0.5) is 8.78 Å². The monoisotopic (exact) mass is 457 g/mol. The summed E-state index contributed by atoms with van der Waals surface area (Å²) < 4.78 is 61.1. The Balaban J connectivity index is 2.51. The van der Waals surface area contributed by atoms with Crippen molar-refractivity contribution in [2.45, 2.75) is 11.5 Å². The molecule has 28 heavy (non-hydrogen) atoms. The number of methoxy groups -OCH3 is 1. The number of sulfonamides is 1. The van der Waals surface area contributed by atoms with Gasteiger partial charge in [0.2, 0.25) is 15.9 Å². The number of hydrogen-bond donors (Lipinski definition) is 0. The first-order valence-electron chi connectivity index (χ1n) is 7.49. The van der Waals surface area contributed by atoms with E-state index in [9.17, 15) is 22.0 Å². The van der Waals surface area contributed by atoms with Crippen molar-refractivity contribution in [3.8, 4) is 17.1 Å². The summed E-state index contributed by atoms with van der Waals surface area (Å²) in [7, 11) is -0.529. The number of hydrogen-bond acceptors (Lipinski definition) is 6. The summed E-state index contributed by atoms with van der Waals surface area (Å²) in [5.74, 6) is -1.14.